The summed E-state index contributed by atoms with van der Waals surface area (Å²) in [6, 6.07) is 5.28. The topological polar surface area (TPSA) is 72.7 Å². The molecule has 0 amide bonds. The fourth-order valence-corrected chi connectivity index (χ4v) is 2.21. The molecule has 3 aromatic rings. The van der Waals surface area contributed by atoms with Crippen molar-refractivity contribution in [1.82, 2.24) is 19.5 Å². The van der Waals surface area contributed by atoms with Crippen molar-refractivity contribution in [3.63, 3.8) is 0 Å². The number of nitrogens with one attached hydrogen (secondary N) is 1. The van der Waals surface area contributed by atoms with Gasteiger partial charge in [-0.2, -0.15) is 4.98 Å². The minimum atomic E-state index is -0.418. The second-order valence-electron chi connectivity index (χ2n) is 4.09. The first-order valence-electron chi connectivity index (χ1n) is 5.86. The van der Waals surface area contributed by atoms with Gasteiger partial charge in [0.15, 0.2) is 0 Å². The van der Waals surface area contributed by atoms with Crippen molar-refractivity contribution in [2.75, 3.05) is 12.4 Å². The molecule has 3 rings (SSSR count). The highest BCUT2D eigenvalue weighted by Gasteiger charge is 2.11. The number of rotatable bonds is 2. The summed E-state index contributed by atoms with van der Waals surface area (Å²) in [5, 5.41) is 4.24. The maximum Gasteiger partial charge on any atom is 0.354 e. The molecule has 0 aliphatic carbocycles. The summed E-state index contributed by atoms with van der Waals surface area (Å²) < 4.78 is 1.43. The van der Waals surface area contributed by atoms with Gasteiger partial charge in [-0.05, 0) is 18.2 Å². The van der Waals surface area contributed by atoms with Gasteiger partial charge in [0.2, 0.25) is 0 Å². The lowest BCUT2D eigenvalue weighted by Gasteiger charge is -2.11. The van der Waals surface area contributed by atoms with Gasteiger partial charge in [0.1, 0.15) is 12.1 Å². The molecule has 0 saturated carbocycles. The SMILES string of the molecule is CNc1nc(=O)n(-c2cncnc2)c2cc(Cl)ccc12. The van der Waals surface area contributed by atoms with Gasteiger partial charge in [-0.15, -0.1) is 0 Å². The number of benzene rings is 1. The molecule has 0 bridgehead atoms. The molecule has 0 unspecified atom stereocenters. The number of hydrogen-bond acceptors (Lipinski definition) is 5. The van der Waals surface area contributed by atoms with Crippen LogP contribution in [-0.2, 0) is 0 Å². The van der Waals surface area contributed by atoms with E-state index in [1.165, 1.54) is 10.9 Å². The molecule has 0 aliphatic rings. The molecule has 0 radical (unpaired) electrons. The molecule has 1 aromatic carbocycles. The van der Waals surface area contributed by atoms with Gasteiger partial charge in [0.25, 0.3) is 0 Å². The predicted molar refractivity (Wildman–Crippen MR) is 77.5 cm³/mol. The van der Waals surface area contributed by atoms with E-state index in [1.54, 1.807) is 31.6 Å². The van der Waals surface area contributed by atoms with Gasteiger partial charge in [-0.3, -0.25) is 4.57 Å². The summed E-state index contributed by atoms with van der Waals surface area (Å²) in [6.45, 7) is 0. The third-order valence-electron chi connectivity index (χ3n) is 2.90. The standard InChI is InChI=1S/C13H10ClN5O/c1-15-12-10-3-2-8(14)4-11(10)19(13(20)18-12)9-5-16-7-17-6-9/h2-7H,1H3,(H,15,18,20). The van der Waals surface area contributed by atoms with Crippen molar-refractivity contribution in [3.8, 4) is 5.69 Å². The van der Waals surface area contributed by atoms with Gasteiger partial charge >= 0.3 is 5.69 Å². The lowest BCUT2D eigenvalue weighted by molar-refractivity contribution is 0.938. The number of hydrogen-bond donors (Lipinski definition) is 1. The van der Waals surface area contributed by atoms with Crippen molar-refractivity contribution in [2.24, 2.45) is 0 Å². The summed E-state index contributed by atoms with van der Waals surface area (Å²) in [5.41, 5.74) is 0.774. The van der Waals surface area contributed by atoms with Gasteiger partial charge in [0, 0.05) is 17.5 Å². The Balaban J connectivity index is 2.46. The lowest BCUT2D eigenvalue weighted by Crippen LogP contribution is -2.23. The second-order valence-corrected chi connectivity index (χ2v) is 4.52. The molecule has 6 nitrogen and oxygen atoms in total. The van der Waals surface area contributed by atoms with Crippen LogP contribution < -0.4 is 11.0 Å². The first-order valence-corrected chi connectivity index (χ1v) is 6.24. The van der Waals surface area contributed by atoms with E-state index >= 15 is 0 Å². The maximum atomic E-state index is 12.2. The van der Waals surface area contributed by atoms with E-state index in [1.807, 2.05) is 6.07 Å². The minimum absolute atomic E-state index is 0.418. The molecule has 7 heteroatoms. The Labute approximate surface area is 119 Å². The Morgan fingerprint density at radius 1 is 1.25 bits per heavy atom. The highest BCUT2D eigenvalue weighted by Crippen LogP contribution is 2.24. The minimum Gasteiger partial charge on any atom is -0.372 e. The van der Waals surface area contributed by atoms with Crippen LogP contribution in [0.5, 0.6) is 0 Å². The number of fused-ring (bicyclic) bond motifs is 1. The zero-order valence-electron chi connectivity index (χ0n) is 10.5. The quantitative estimate of drug-likeness (QED) is 0.779. The van der Waals surface area contributed by atoms with Crippen LogP contribution in [0.15, 0.2) is 41.7 Å². The maximum absolute atomic E-state index is 12.2. The Morgan fingerprint density at radius 2 is 2.00 bits per heavy atom. The van der Waals surface area contributed by atoms with Crippen LogP contribution in [0.1, 0.15) is 0 Å². The number of nitrogens with zero attached hydrogens (tertiary/aromatic N) is 4. The molecule has 2 aromatic heterocycles. The monoisotopic (exact) mass is 287 g/mol. The molecular formula is C13H10ClN5O. The molecule has 0 spiro atoms. The third kappa shape index (κ3) is 2.00. The van der Waals surface area contributed by atoms with Gasteiger partial charge in [-0.1, -0.05) is 11.6 Å². The van der Waals surface area contributed by atoms with E-state index in [2.05, 4.69) is 20.3 Å². The molecule has 2 heterocycles. The molecule has 100 valence electrons. The first-order chi connectivity index (χ1) is 9.70. The zero-order valence-corrected chi connectivity index (χ0v) is 11.3. The highest BCUT2D eigenvalue weighted by molar-refractivity contribution is 6.31. The van der Waals surface area contributed by atoms with Crippen molar-refractivity contribution in [3.05, 3.63) is 52.4 Å². The Hall–Kier alpha value is -2.47. The summed E-state index contributed by atoms with van der Waals surface area (Å²) in [6.07, 6.45) is 4.50. The number of halogens is 1. The Morgan fingerprint density at radius 3 is 2.70 bits per heavy atom. The van der Waals surface area contributed by atoms with Crippen LogP contribution in [0.3, 0.4) is 0 Å². The van der Waals surface area contributed by atoms with Crippen molar-refractivity contribution in [2.45, 2.75) is 0 Å². The van der Waals surface area contributed by atoms with Crippen LogP contribution in [0.4, 0.5) is 5.82 Å². The van der Waals surface area contributed by atoms with Crippen LogP contribution in [-0.4, -0.2) is 26.6 Å². The molecular weight excluding hydrogens is 278 g/mol. The summed E-state index contributed by atoms with van der Waals surface area (Å²) in [5.74, 6) is 0.509. The van der Waals surface area contributed by atoms with E-state index in [-0.39, 0.29) is 0 Å². The average Bonchev–Trinajstić information content (AvgIpc) is 2.47. The summed E-state index contributed by atoms with van der Waals surface area (Å²) >= 11 is 6.04. The fourth-order valence-electron chi connectivity index (χ4n) is 2.05. The average molecular weight is 288 g/mol. The fraction of sp³-hybridized carbons (Fsp3) is 0.0769. The number of anilines is 1. The van der Waals surface area contributed by atoms with Crippen molar-refractivity contribution in [1.29, 1.82) is 0 Å². The zero-order chi connectivity index (χ0) is 14.1. The Bertz CT molecular complexity index is 831. The van der Waals surface area contributed by atoms with E-state index in [0.717, 1.165) is 5.39 Å². The van der Waals surface area contributed by atoms with E-state index in [9.17, 15) is 4.79 Å². The molecule has 0 fully saturated rings. The predicted octanol–water partition coefficient (Wildman–Crippen LogP) is 1.87. The van der Waals surface area contributed by atoms with E-state index in [0.29, 0.717) is 22.0 Å². The summed E-state index contributed by atoms with van der Waals surface area (Å²) in [4.78, 5) is 24.1. The third-order valence-corrected chi connectivity index (χ3v) is 3.13. The molecule has 20 heavy (non-hydrogen) atoms. The molecule has 0 saturated heterocycles. The lowest BCUT2D eigenvalue weighted by atomic mass is 10.2. The van der Waals surface area contributed by atoms with Crippen LogP contribution in [0.2, 0.25) is 5.02 Å². The Kier molecular flexibility index (Phi) is 3.08. The second kappa shape index (κ2) is 4.90. The van der Waals surface area contributed by atoms with Crippen LogP contribution in [0.25, 0.3) is 16.6 Å². The molecule has 0 atom stereocenters. The van der Waals surface area contributed by atoms with Gasteiger partial charge < -0.3 is 5.32 Å². The number of aromatic nitrogens is 4. The van der Waals surface area contributed by atoms with Crippen LogP contribution >= 0.6 is 11.6 Å². The molecule has 1 N–H and O–H groups in total. The largest absolute Gasteiger partial charge is 0.372 e. The molecule has 0 aliphatic heterocycles. The van der Waals surface area contributed by atoms with Crippen LogP contribution in [0, 0.1) is 0 Å². The van der Waals surface area contributed by atoms with E-state index in [4.69, 9.17) is 11.6 Å². The van der Waals surface area contributed by atoms with Crippen molar-refractivity contribution >= 4 is 28.3 Å². The smallest absolute Gasteiger partial charge is 0.354 e. The van der Waals surface area contributed by atoms with Gasteiger partial charge in [-0.25, -0.2) is 14.8 Å². The van der Waals surface area contributed by atoms with Gasteiger partial charge in [0.05, 0.1) is 23.6 Å². The first kappa shape index (κ1) is 12.6. The highest BCUT2D eigenvalue weighted by atomic mass is 35.5. The van der Waals surface area contributed by atoms with Crippen molar-refractivity contribution < 1.29 is 0 Å². The summed E-state index contributed by atoms with van der Waals surface area (Å²) in [7, 11) is 1.71. The van der Waals surface area contributed by atoms with E-state index < -0.39 is 5.69 Å². The normalized spacial score (nSPS) is 10.7.